The lowest BCUT2D eigenvalue weighted by molar-refractivity contribution is 0.0751. The molecule has 2 aromatic carbocycles. The summed E-state index contributed by atoms with van der Waals surface area (Å²) >= 11 is 0. The highest BCUT2D eigenvalue weighted by molar-refractivity contribution is 5.70. The van der Waals surface area contributed by atoms with Crippen molar-refractivity contribution in [2.24, 2.45) is 0 Å². The summed E-state index contributed by atoms with van der Waals surface area (Å²) in [6.07, 6.45) is 4.12. The van der Waals surface area contributed by atoms with Crippen LogP contribution in [0, 0.1) is 41.5 Å². The Bertz CT molecular complexity index is 740. The van der Waals surface area contributed by atoms with Crippen molar-refractivity contribution in [3.05, 3.63) is 70.0 Å². The topological polar surface area (TPSA) is 15.7 Å². The fourth-order valence-electron chi connectivity index (χ4n) is 4.26. The van der Waals surface area contributed by atoms with E-state index in [4.69, 9.17) is 4.74 Å². The monoisotopic (exact) mass is 350 g/mol. The Labute approximate surface area is 157 Å². The summed E-state index contributed by atoms with van der Waals surface area (Å²) < 4.78 is 6.21. The number of hydrogen-bond acceptors (Lipinski definition) is 3. The van der Waals surface area contributed by atoms with Crippen molar-refractivity contribution in [2.75, 3.05) is 16.4 Å². The lowest BCUT2D eigenvalue weighted by Gasteiger charge is -2.35. The van der Waals surface area contributed by atoms with Crippen molar-refractivity contribution >= 4 is 11.4 Å². The fraction of sp³-hybridized carbons (Fsp3) is 0.391. The molecule has 2 aromatic rings. The molecule has 3 heteroatoms. The van der Waals surface area contributed by atoms with Crippen LogP contribution in [-0.4, -0.2) is 13.0 Å². The lowest BCUT2D eigenvalue weighted by Crippen LogP contribution is -2.42. The van der Waals surface area contributed by atoms with Gasteiger partial charge >= 0.3 is 0 Å². The van der Waals surface area contributed by atoms with Crippen molar-refractivity contribution < 1.29 is 4.74 Å². The van der Waals surface area contributed by atoms with Crippen LogP contribution in [0.15, 0.2) is 36.7 Å². The van der Waals surface area contributed by atoms with E-state index in [9.17, 15) is 0 Å². The molecule has 0 unspecified atom stereocenters. The molecule has 1 aliphatic rings. The van der Waals surface area contributed by atoms with Gasteiger partial charge in [0.25, 0.3) is 0 Å². The molecule has 1 aliphatic heterocycles. The van der Waals surface area contributed by atoms with Crippen LogP contribution in [-0.2, 0) is 4.74 Å². The molecule has 1 heterocycles. The quantitative estimate of drug-likeness (QED) is 0.708. The zero-order valence-corrected chi connectivity index (χ0v) is 17.1. The number of aryl methyl sites for hydroxylation is 6. The molecule has 0 N–H and O–H groups in total. The second kappa shape index (κ2) is 7.16. The first-order valence-electron chi connectivity index (χ1n) is 9.35. The summed E-state index contributed by atoms with van der Waals surface area (Å²) in [4.78, 5) is 4.51. The largest absolute Gasteiger partial charge is 0.340 e. The van der Waals surface area contributed by atoms with Crippen molar-refractivity contribution in [3.8, 4) is 0 Å². The van der Waals surface area contributed by atoms with E-state index in [1.165, 1.54) is 44.8 Å². The fourth-order valence-corrected chi connectivity index (χ4v) is 4.26. The summed E-state index contributed by atoms with van der Waals surface area (Å²) in [5, 5.41) is 0. The zero-order valence-electron chi connectivity index (χ0n) is 17.1. The maximum Gasteiger partial charge on any atom is 0.218 e. The van der Waals surface area contributed by atoms with Crippen LogP contribution >= 0.6 is 0 Å². The molecule has 3 rings (SSSR count). The van der Waals surface area contributed by atoms with Gasteiger partial charge in [0.2, 0.25) is 6.35 Å². The maximum absolute atomic E-state index is 6.21. The molecule has 3 nitrogen and oxygen atoms in total. The molecule has 0 aromatic heterocycles. The van der Waals surface area contributed by atoms with Gasteiger partial charge < -0.3 is 14.5 Å². The third kappa shape index (κ3) is 3.24. The molecule has 138 valence electrons. The first kappa shape index (κ1) is 18.5. The highest BCUT2D eigenvalue weighted by Gasteiger charge is 2.32. The van der Waals surface area contributed by atoms with Crippen LogP contribution in [0.3, 0.4) is 0 Å². The van der Waals surface area contributed by atoms with E-state index in [0.29, 0.717) is 6.61 Å². The van der Waals surface area contributed by atoms with Gasteiger partial charge in [-0.25, -0.2) is 0 Å². The Morgan fingerprint density at radius 1 is 0.692 bits per heavy atom. The van der Waals surface area contributed by atoms with Gasteiger partial charge in [-0.05, 0) is 70.7 Å². The highest BCUT2D eigenvalue weighted by Crippen LogP contribution is 2.37. The Morgan fingerprint density at radius 3 is 1.35 bits per heavy atom. The second-order valence-electron chi connectivity index (χ2n) is 7.39. The van der Waals surface area contributed by atoms with Gasteiger partial charge in [-0.15, -0.1) is 0 Å². The normalized spacial score (nSPS) is 14.6. The van der Waals surface area contributed by atoms with Gasteiger partial charge in [0.05, 0.1) is 11.4 Å². The summed E-state index contributed by atoms with van der Waals surface area (Å²) in [6.45, 7) is 15.7. The molecule has 0 saturated carbocycles. The van der Waals surface area contributed by atoms with Gasteiger partial charge in [0.1, 0.15) is 0 Å². The average molecular weight is 351 g/mol. The number of anilines is 2. The van der Waals surface area contributed by atoms with Crippen molar-refractivity contribution in [1.82, 2.24) is 0 Å². The van der Waals surface area contributed by atoms with Crippen LogP contribution in [0.1, 0.15) is 40.3 Å². The Balaban J connectivity index is 2.06. The first-order chi connectivity index (χ1) is 12.3. The molecule has 0 fully saturated rings. The molecule has 0 bridgehead atoms. The standard InChI is InChI=1S/C23H30N2O/c1-8-26-23-24(21-17(4)11-15(2)12-18(21)5)9-10-25(23)22-19(6)13-16(3)14-20(22)7/h9-14,23H,8H2,1-7H3. The second-order valence-corrected chi connectivity index (χ2v) is 7.39. The minimum atomic E-state index is -0.166. The smallest absolute Gasteiger partial charge is 0.218 e. The molecule has 0 spiro atoms. The molecular formula is C23H30N2O. The summed E-state index contributed by atoms with van der Waals surface area (Å²) in [6, 6.07) is 8.96. The lowest BCUT2D eigenvalue weighted by atomic mass is 10.0. The zero-order chi connectivity index (χ0) is 19.0. The molecule has 0 radical (unpaired) electrons. The van der Waals surface area contributed by atoms with Crippen molar-refractivity contribution in [1.29, 1.82) is 0 Å². The van der Waals surface area contributed by atoms with Crippen LogP contribution < -0.4 is 9.80 Å². The molecular weight excluding hydrogens is 320 g/mol. The molecule has 26 heavy (non-hydrogen) atoms. The molecule has 0 aliphatic carbocycles. The SMILES string of the molecule is CCOC1N(c2c(C)cc(C)cc2C)C=CN1c1c(C)cc(C)cc1C. The molecule has 0 atom stereocenters. The van der Waals surface area contributed by atoms with Gasteiger partial charge in [0, 0.05) is 19.0 Å². The van der Waals surface area contributed by atoms with Crippen LogP contribution in [0.5, 0.6) is 0 Å². The van der Waals surface area contributed by atoms with Crippen molar-refractivity contribution in [3.63, 3.8) is 0 Å². The van der Waals surface area contributed by atoms with E-state index >= 15 is 0 Å². The minimum Gasteiger partial charge on any atom is -0.340 e. The number of nitrogens with zero attached hydrogens (tertiary/aromatic N) is 2. The highest BCUT2D eigenvalue weighted by atomic mass is 16.5. The van der Waals surface area contributed by atoms with Crippen LogP contribution in [0.25, 0.3) is 0 Å². The summed E-state index contributed by atoms with van der Waals surface area (Å²) in [7, 11) is 0. The maximum atomic E-state index is 6.21. The van der Waals surface area contributed by atoms with Gasteiger partial charge in [-0.1, -0.05) is 35.4 Å². The number of ether oxygens (including phenoxy) is 1. The number of rotatable bonds is 4. The molecule has 0 amide bonds. The van der Waals surface area contributed by atoms with Gasteiger partial charge in [0.15, 0.2) is 0 Å². The van der Waals surface area contributed by atoms with E-state index in [0.717, 1.165) is 0 Å². The van der Waals surface area contributed by atoms with Gasteiger partial charge in [-0.2, -0.15) is 0 Å². The van der Waals surface area contributed by atoms with E-state index in [1.807, 2.05) is 0 Å². The average Bonchev–Trinajstić information content (AvgIpc) is 2.89. The Morgan fingerprint density at radius 2 is 1.04 bits per heavy atom. The summed E-state index contributed by atoms with van der Waals surface area (Å²) in [5.41, 5.74) is 10.1. The predicted octanol–water partition coefficient (Wildman–Crippen LogP) is 5.66. The van der Waals surface area contributed by atoms with E-state index in [-0.39, 0.29) is 6.35 Å². The Kier molecular flexibility index (Phi) is 5.10. The third-order valence-electron chi connectivity index (χ3n) is 4.97. The first-order valence-corrected chi connectivity index (χ1v) is 9.35. The molecule has 0 saturated heterocycles. The summed E-state index contributed by atoms with van der Waals surface area (Å²) in [5.74, 6) is 0. The predicted molar refractivity (Wildman–Crippen MR) is 111 cm³/mol. The van der Waals surface area contributed by atoms with Crippen molar-refractivity contribution in [2.45, 2.75) is 54.8 Å². The van der Waals surface area contributed by atoms with Gasteiger partial charge in [-0.3, -0.25) is 0 Å². The van der Waals surface area contributed by atoms with E-state index in [1.54, 1.807) is 0 Å². The van der Waals surface area contributed by atoms with Crippen LogP contribution in [0.4, 0.5) is 11.4 Å². The van der Waals surface area contributed by atoms with E-state index < -0.39 is 0 Å². The number of hydrogen-bond donors (Lipinski definition) is 0. The Hall–Kier alpha value is -2.26. The van der Waals surface area contributed by atoms with E-state index in [2.05, 4.69) is 94.9 Å². The third-order valence-corrected chi connectivity index (χ3v) is 4.97. The number of benzene rings is 2. The minimum absolute atomic E-state index is 0.166. The van der Waals surface area contributed by atoms with Crippen LogP contribution in [0.2, 0.25) is 0 Å².